The van der Waals surface area contributed by atoms with Crippen LogP contribution >= 0.6 is 0 Å². The van der Waals surface area contributed by atoms with Gasteiger partial charge in [0.15, 0.2) is 0 Å². The second kappa shape index (κ2) is 4.91. The summed E-state index contributed by atoms with van der Waals surface area (Å²) in [6.07, 6.45) is 1.34. The van der Waals surface area contributed by atoms with Crippen LogP contribution in [0.4, 0.5) is 8.78 Å². The van der Waals surface area contributed by atoms with Crippen LogP contribution in [0.5, 0.6) is 5.88 Å². The van der Waals surface area contributed by atoms with Gasteiger partial charge in [0.2, 0.25) is 0 Å². The standard InChI is InChI=1S/C7H4F2N3O.ClH.Mg/c8-7(9)13-6-3-1-2-5-11-10-4-12(5)6;;/h1,3-4,7H;1H;/q;;+1/p-1. The van der Waals surface area contributed by atoms with E-state index in [0.29, 0.717) is 5.65 Å². The number of ether oxygens (including phenoxy) is 1. The molecule has 0 atom stereocenters. The Morgan fingerprint density at radius 1 is 1.40 bits per heavy atom. The average Bonchev–Trinajstić information content (AvgIpc) is 2.58. The van der Waals surface area contributed by atoms with Crippen molar-refractivity contribution in [2.24, 2.45) is 0 Å². The number of alkyl halides is 2. The smallest absolute Gasteiger partial charge is 1.00 e. The molecule has 0 aliphatic rings. The van der Waals surface area contributed by atoms with Crippen molar-refractivity contribution in [2.75, 3.05) is 0 Å². The number of fused-ring (bicyclic) bond motifs is 1. The van der Waals surface area contributed by atoms with E-state index in [4.69, 9.17) is 0 Å². The number of nitrogens with zero attached hydrogens (tertiary/aromatic N) is 3. The maximum Gasteiger partial charge on any atom is -1.00 e. The van der Waals surface area contributed by atoms with Crippen molar-refractivity contribution in [3.63, 3.8) is 0 Å². The Morgan fingerprint density at radius 3 is 2.80 bits per heavy atom. The molecule has 2 heterocycles. The summed E-state index contributed by atoms with van der Waals surface area (Å²) in [7, 11) is 0. The molecule has 2 aromatic heterocycles. The van der Waals surface area contributed by atoms with Crippen LogP contribution in [0.1, 0.15) is 0 Å². The van der Waals surface area contributed by atoms with Crippen molar-refractivity contribution in [3.8, 4) is 5.88 Å². The monoisotopic (exact) mass is 243 g/mol. The zero-order valence-electron chi connectivity index (χ0n) is 7.40. The summed E-state index contributed by atoms with van der Waals surface area (Å²) < 4.78 is 30.5. The molecule has 4 nitrogen and oxygen atoms in total. The molecule has 2 aromatic rings. The van der Waals surface area contributed by atoms with Crippen LogP contribution in [0, 0.1) is 0 Å². The molecule has 0 N–H and O–H groups in total. The van der Waals surface area contributed by atoms with Crippen molar-refractivity contribution in [2.45, 2.75) is 6.61 Å². The van der Waals surface area contributed by atoms with Gasteiger partial charge in [-0.25, -0.2) is 0 Å². The third-order valence-corrected chi connectivity index (χ3v) is 2.26. The van der Waals surface area contributed by atoms with Gasteiger partial charge in [-0.15, -0.1) is 0 Å². The fourth-order valence-electron chi connectivity index (χ4n) is 1.13. The molecule has 76 valence electrons. The molecule has 0 unspecified atom stereocenters. The molecule has 0 aliphatic carbocycles. The van der Waals surface area contributed by atoms with E-state index in [9.17, 15) is 8.78 Å². The second-order valence-corrected chi connectivity index (χ2v) is 3.36. The van der Waals surface area contributed by atoms with Gasteiger partial charge < -0.3 is 12.4 Å². The first-order valence-electron chi connectivity index (χ1n) is 3.78. The summed E-state index contributed by atoms with van der Waals surface area (Å²) >= 11 is 1.61. The Kier molecular flexibility index (Phi) is 4.06. The Morgan fingerprint density at radius 2 is 2.13 bits per heavy atom. The maximum atomic E-state index is 12.0. The van der Waals surface area contributed by atoms with E-state index in [1.807, 2.05) is 0 Å². The average molecular weight is 244 g/mol. The predicted octanol–water partition coefficient (Wildman–Crippen LogP) is -2.87. The number of hydrogen-bond donors (Lipinski definition) is 0. The van der Waals surface area contributed by atoms with Gasteiger partial charge in [-0.3, -0.25) is 0 Å². The van der Waals surface area contributed by atoms with Crippen LogP contribution in [0.15, 0.2) is 18.5 Å². The summed E-state index contributed by atoms with van der Waals surface area (Å²) in [5.41, 5.74) is 0.529. The summed E-state index contributed by atoms with van der Waals surface area (Å²) in [5.74, 6) is 0.0374. The van der Waals surface area contributed by atoms with E-state index >= 15 is 0 Å². The van der Waals surface area contributed by atoms with Crippen LogP contribution in [0.2, 0.25) is 0 Å². The Hall–Kier alpha value is -0.664. The van der Waals surface area contributed by atoms with E-state index in [1.54, 1.807) is 27.8 Å². The number of rotatable bonds is 2. The maximum absolute atomic E-state index is 12.0. The second-order valence-electron chi connectivity index (χ2n) is 2.60. The van der Waals surface area contributed by atoms with Crippen LogP contribution in [0.25, 0.3) is 5.65 Å². The normalized spacial score (nSPS) is 10.5. The van der Waals surface area contributed by atoms with Crippen LogP contribution < -0.4 is 20.8 Å². The number of halogens is 3. The molecule has 8 heteroatoms. The van der Waals surface area contributed by atoms with Crippen molar-refractivity contribution in [1.82, 2.24) is 14.6 Å². The van der Waals surface area contributed by atoms with E-state index in [0.717, 1.165) is 3.69 Å². The van der Waals surface area contributed by atoms with Gasteiger partial charge in [0.25, 0.3) is 0 Å². The van der Waals surface area contributed by atoms with Gasteiger partial charge in [0.1, 0.15) is 0 Å². The van der Waals surface area contributed by atoms with Gasteiger partial charge in [-0.1, -0.05) is 0 Å². The first kappa shape index (κ1) is 12.4. The van der Waals surface area contributed by atoms with Crippen molar-refractivity contribution in [3.05, 3.63) is 18.5 Å². The number of aromatic nitrogens is 3. The summed E-state index contributed by atoms with van der Waals surface area (Å²) in [6.45, 7) is -2.84. The minimum atomic E-state index is -2.84. The van der Waals surface area contributed by atoms with Gasteiger partial charge in [-0.05, 0) is 0 Å². The largest absolute Gasteiger partial charge is 1.00 e. The Labute approximate surface area is 102 Å². The van der Waals surface area contributed by atoms with Crippen LogP contribution in [0.3, 0.4) is 0 Å². The van der Waals surface area contributed by atoms with Gasteiger partial charge in [-0.2, -0.15) is 0 Å². The molecule has 0 saturated carbocycles. The fourth-order valence-corrected chi connectivity index (χ4v) is 1.49. The quantitative estimate of drug-likeness (QED) is 0.533. The van der Waals surface area contributed by atoms with Crippen molar-refractivity contribution in [1.29, 1.82) is 0 Å². The molecule has 0 aliphatic heterocycles. The Bertz CT molecular complexity index is 464. The number of hydrogen-bond acceptors (Lipinski definition) is 3. The molecule has 0 radical (unpaired) electrons. The first-order valence-corrected chi connectivity index (χ1v) is 4.48. The third-order valence-electron chi connectivity index (χ3n) is 1.71. The minimum Gasteiger partial charge on any atom is -1.00 e. The molecule has 15 heavy (non-hydrogen) atoms. The predicted molar refractivity (Wildman–Crippen MR) is 45.0 cm³/mol. The van der Waals surface area contributed by atoms with Crippen LogP contribution in [-0.2, 0) is 0 Å². The SMILES string of the molecule is FC(F)Oc1cc[c]([Mg+])c2nncn12.[Cl-]. The first-order chi connectivity index (χ1) is 6.68. The molecule has 0 saturated heterocycles. The fraction of sp³-hybridized carbons (Fsp3) is 0.143. The van der Waals surface area contributed by atoms with Crippen LogP contribution in [-0.4, -0.2) is 42.9 Å². The van der Waals surface area contributed by atoms with E-state index < -0.39 is 6.61 Å². The zero-order chi connectivity index (χ0) is 10.1. The summed E-state index contributed by atoms with van der Waals surface area (Å²) in [5, 5.41) is 7.40. The van der Waals surface area contributed by atoms with E-state index in [2.05, 4.69) is 14.9 Å². The molecule has 0 amide bonds. The summed E-state index contributed by atoms with van der Waals surface area (Å²) in [4.78, 5) is 0. The van der Waals surface area contributed by atoms with Gasteiger partial charge in [0.05, 0.1) is 0 Å². The number of pyridine rings is 1. The zero-order valence-corrected chi connectivity index (χ0v) is 9.57. The molecule has 0 aromatic carbocycles. The minimum absolute atomic E-state index is 0. The molecule has 0 bridgehead atoms. The van der Waals surface area contributed by atoms with Crippen molar-refractivity contribution >= 4 is 31.0 Å². The van der Waals surface area contributed by atoms with Gasteiger partial charge in [0, 0.05) is 0 Å². The molecule has 0 fully saturated rings. The van der Waals surface area contributed by atoms with E-state index in [-0.39, 0.29) is 18.3 Å². The molecular weight excluding hydrogens is 240 g/mol. The molecule has 2 rings (SSSR count). The summed E-state index contributed by atoms with van der Waals surface area (Å²) in [6, 6.07) is 3.13. The van der Waals surface area contributed by atoms with E-state index in [1.165, 1.54) is 16.8 Å². The topological polar surface area (TPSA) is 39.4 Å². The Balaban J connectivity index is 0.00000112. The molecule has 0 spiro atoms. The molecular formula is C7H4ClF2MgN3O. The van der Waals surface area contributed by atoms with Gasteiger partial charge >= 0.3 is 90.1 Å². The van der Waals surface area contributed by atoms with Crippen molar-refractivity contribution < 1.29 is 25.9 Å². The third kappa shape index (κ3) is 2.47.